The Morgan fingerprint density at radius 2 is 2.00 bits per heavy atom. The second kappa shape index (κ2) is 8.04. The van der Waals surface area contributed by atoms with Crippen molar-refractivity contribution in [1.82, 2.24) is 0 Å². The van der Waals surface area contributed by atoms with E-state index in [0.717, 1.165) is 12.0 Å². The van der Waals surface area contributed by atoms with Crippen LogP contribution in [0.3, 0.4) is 0 Å². The molecule has 110 valence electrons. The highest BCUT2D eigenvalue weighted by molar-refractivity contribution is 5.37. The lowest BCUT2D eigenvalue weighted by Crippen LogP contribution is -2.09. The van der Waals surface area contributed by atoms with Crippen LogP contribution in [0.25, 0.3) is 0 Å². The molecule has 0 saturated carbocycles. The SMILES string of the molecule is CC(C)(C)CCOCc1cc(F)cc(C#CCCO)c1. The number of hydrogen-bond donors (Lipinski definition) is 1. The monoisotopic (exact) mass is 278 g/mol. The molecular formula is C17H23FO2. The number of benzene rings is 1. The van der Waals surface area contributed by atoms with Gasteiger partial charge in [-0.25, -0.2) is 4.39 Å². The molecule has 0 aliphatic heterocycles. The van der Waals surface area contributed by atoms with Crippen LogP contribution in [0, 0.1) is 23.1 Å². The highest BCUT2D eigenvalue weighted by Gasteiger charge is 2.09. The van der Waals surface area contributed by atoms with Gasteiger partial charge in [-0.15, -0.1) is 0 Å². The molecule has 20 heavy (non-hydrogen) atoms. The Morgan fingerprint density at radius 3 is 2.65 bits per heavy atom. The molecule has 0 unspecified atom stereocenters. The summed E-state index contributed by atoms with van der Waals surface area (Å²) in [4.78, 5) is 0. The van der Waals surface area contributed by atoms with Crippen molar-refractivity contribution in [2.75, 3.05) is 13.2 Å². The van der Waals surface area contributed by atoms with Crippen LogP contribution in [0.15, 0.2) is 18.2 Å². The lowest BCUT2D eigenvalue weighted by atomic mass is 9.93. The van der Waals surface area contributed by atoms with Gasteiger partial charge in [0.05, 0.1) is 13.2 Å². The third-order valence-electron chi connectivity index (χ3n) is 2.69. The maximum absolute atomic E-state index is 13.5. The topological polar surface area (TPSA) is 29.5 Å². The molecule has 1 aromatic carbocycles. The van der Waals surface area contributed by atoms with Crippen LogP contribution in [0.5, 0.6) is 0 Å². The van der Waals surface area contributed by atoms with Gasteiger partial charge < -0.3 is 9.84 Å². The molecule has 0 aliphatic rings. The van der Waals surface area contributed by atoms with Crippen molar-refractivity contribution in [2.45, 2.75) is 40.2 Å². The van der Waals surface area contributed by atoms with Gasteiger partial charge in [-0.1, -0.05) is 32.6 Å². The Labute approximate surface area is 121 Å². The molecule has 0 heterocycles. The van der Waals surface area contributed by atoms with E-state index >= 15 is 0 Å². The summed E-state index contributed by atoms with van der Waals surface area (Å²) < 4.78 is 19.0. The van der Waals surface area contributed by atoms with Crippen molar-refractivity contribution >= 4 is 0 Å². The van der Waals surface area contributed by atoms with Crippen LogP contribution >= 0.6 is 0 Å². The lowest BCUT2D eigenvalue weighted by Gasteiger charge is -2.17. The maximum atomic E-state index is 13.5. The smallest absolute Gasteiger partial charge is 0.124 e. The molecule has 0 saturated heterocycles. The van der Waals surface area contributed by atoms with Crippen molar-refractivity contribution in [1.29, 1.82) is 0 Å². The summed E-state index contributed by atoms with van der Waals surface area (Å²) in [7, 11) is 0. The van der Waals surface area contributed by atoms with Crippen LogP contribution in [0.2, 0.25) is 0 Å². The minimum atomic E-state index is -0.310. The molecule has 0 amide bonds. The van der Waals surface area contributed by atoms with Gasteiger partial charge in [0.2, 0.25) is 0 Å². The van der Waals surface area contributed by atoms with E-state index in [1.807, 2.05) is 6.07 Å². The Kier molecular flexibility index (Phi) is 6.70. The van der Waals surface area contributed by atoms with Gasteiger partial charge >= 0.3 is 0 Å². The first-order chi connectivity index (χ1) is 9.40. The summed E-state index contributed by atoms with van der Waals surface area (Å²) in [5, 5.41) is 8.67. The summed E-state index contributed by atoms with van der Waals surface area (Å²) in [5.41, 5.74) is 1.64. The molecular weight excluding hydrogens is 255 g/mol. The van der Waals surface area contributed by atoms with Crippen LogP contribution in [-0.2, 0) is 11.3 Å². The van der Waals surface area contributed by atoms with E-state index in [4.69, 9.17) is 9.84 Å². The average molecular weight is 278 g/mol. The van der Waals surface area contributed by atoms with Crippen LogP contribution < -0.4 is 0 Å². The highest BCUT2D eigenvalue weighted by Crippen LogP contribution is 2.18. The third kappa shape index (κ3) is 7.28. The molecule has 0 fully saturated rings. The first-order valence-corrected chi connectivity index (χ1v) is 6.88. The summed E-state index contributed by atoms with van der Waals surface area (Å²) in [5.74, 6) is 5.31. The van der Waals surface area contributed by atoms with Crippen LogP contribution in [0.1, 0.15) is 44.7 Å². The van der Waals surface area contributed by atoms with Gasteiger partial charge in [0.25, 0.3) is 0 Å². The van der Waals surface area contributed by atoms with Gasteiger partial charge in [-0.05, 0) is 35.6 Å². The van der Waals surface area contributed by atoms with E-state index in [1.54, 1.807) is 0 Å². The molecule has 0 aromatic heterocycles. The van der Waals surface area contributed by atoms with Gasteiger partial charge in [0, 0.05) is 18.6 Å². The fourth-order valence-corrected chi connectivity index (χ4v) is 1.59. The predicted molar refractivity (Wildman–Crippen MR) is 78.7 cm³/mol. The molecule has 2 nitrogen and oxygen atoms in total. The van der Waals surface area contributed by atoms with Gasteiger partial charge in [0.1, 0.15) is 5.82 Å². The lowest BCUT2D eigenvalue weighted by molar-refractivity contribution is 0.0960. The normalized spacial score (nSPS) is 11.1. The average Bonchev–Trinajstić information content (AvgIpc) is 2.33. The zero-order valence-corrected chi connectivity index (χ0v) is 12.5. The second-order valence-corrected chi connectivity index (χ2v) is 5.99. The van der Waals surface area contributed by atoms with E-state index in [1.165, 1.54) is 12.1 Å². The minimum absolute atomic E-state index is 0.0189. The van der Waals surface area contributed by atoms with Crippen molar-refractivity contribution in [3.05, 3.63) is 35.1 Å². The van der Waals surface area contributed by atoms with E-state index in [9.17, 15) is 4.39 Å². The number of ether oxygens (including phenoxy) is 1. The van der Waals surface area contributed by atoms with Gasteiger partial charge in [0.15, 0.2) is 0 Å². The van der Waals surface area contributed by atoms with E-state index in [0.29, 0.717) is 25.2 Å². The number of rotatable bonds is 5. The van der Waals surface area contributed by atoms with Crippen molar-refractivity contribution < 1.29 is 14.2 Å². The quantitative estimate of drug-likeness (QED) is 0.659. The maximum Gasteiger partial charge on any atom is 0.124 e. The van der Waals surface area contributed by atoms with Crippen LogP contribution in [0.4, 0.5) is 4.39 Å². The zero-order chi connectivity index (χ0) is 15.0. The standard InChI is InChI=1S/C17H23FO2/c1-17(2,3)7-9-20-13-15-10-14(6-4-5-8-19)11-16(18)12-15/h10-12,19H,5,7-9,13H2,1-3H3. The number of halogens is 1. The Hall–Kier alpha value is -1.37. The first-order valence-electron chi connectivity index (χ1n) is 6.88. The summed E-state index contributed by atoms with van der Waals surface area (Å²) in [6.07, 6.45) is 1.36. The Bertz CT molecular complexity index is 478. The van der Waals surface area contributed by atoms with E-state index in [-0.39, 0.29) is 17.8 Å². The van der Waals surface area contributed by atoms with Crippen molar-refractivity contribution in [3.63, 3.8) is 0 Å². The van der Waals surface area contributed by atoms with E-state index in [2.05, 4.69) is 32.6 Å². The summed E-state index contributed by atoms with van der Waals surface area (Å²) in [6, 6.07) is 4.68. The van der Waals surface area contributed by atoms with Gasteiger partial charge in [-0.2, -0.15) is 0 Å². The molecule has 0 radical (unpaired) electrons. The number of aliphatic hydroxyl groups excluding tert-OH is 1. The number of hydrogen-bond acceptors (Lipinski definition) is 2. The van der Waals surface area contributed by atoms with Crippen molar-refractivity contribution in [3.8, 4) is 11.8 Å². The fraction of sp³-hybridized carbons (Fsp3) is 0.529. The largest absolute Gasteiger partial charge is 0.395 e. The predicted octanol–water partition coefficient (Wildman–Crippen LogP) is 3.51. The van der Waals surface area contributed by atoms with Crippen molar-refractivity contribution in [2.24, 2.45) is 5.41 Å². The Balaban J connectivity index is 2.56. The van der Waals surface area contributed by atoms with Gasteiger partial charge in [-0.3, -0.25) is 0 Å². The molecule has 1 aromatic rings. The molecule has 1 N–H and O–H groups in total. The molecule has 3 heteroatoms. The molecule has 0 bridgehead atoms. The number of aliphatic hydroxyl groups is 1. The molecule has 0 spiro atoms. The molecule has 0 atom stereocenters. The van der Waals surface area contributed by atoms with Crippen LogP contribution in [-0.4, -0.2) is 18.3 Å². The summed E-state index contributed by atoms with van der Waals surface area (Å²) >= 11 is 0. The molecule has 0 aliphatic carbocycles. The highest BCUT2D eigenvalue weighted by atomic mass is 19.1. The zero-order valence-electron chi connectivity index (χ0n) is 12.5. The van der Waals surface area contributed by atoms with E-state index < -0.39 is 0 Å². The summed E-state index contributed by atoms with van der Waals surface area (Å²) in [6.45, 7) is 7.55. The fourth-order valence-electron chi connectivity index (χ4n) is 1.59. The second-order valence-electron chi connectivity index (χ2n) is 5.99. The third-order valence-corrected chi connectivity index (χ3v) is 2.69. The minimum Gasteiger partial charge on any atom is -0.395 e. The Morgan fingerprint density at radius 1 is 1.25 bits per heavy atom. The molecule has 1 rings (SSSR count). The first kappa shape index (κ1) is 16.7.